The summed E-state index contributed by atoms with van der Waals surface area (Å²) in [6, 6.07) is 9.01. The maximum Gasteiger partial charge on any atom is 0.257 e. The maximum absolute atomic E-state index is 12.4. The lowest BCUT2D eigenvalue weighted by Crippen LogP contribution is -2.51. The van der Waals surface area contributed by atoms with Crippen LogP contribution in [0.1, 0.15) is 21.7 Å². The first-order chi connectivity index (χ1) is 11.6. The van der Waals surface area contributed by atoms with Crippen LogP contribution < -0.4 is 5.73 Å². The summed E-state index contributed by atoms with van der Waals surface area (Å²) in [6.45, 7) is 1.80. The van der Waals surface area contributed by atoms with E-state index in [1.807, 2.05) is 12.1 Å². The fourth-order valence-electron chi connectivity index (χ4n) is 2.64. The van der Waals surface area contributed by atoms with Crippen molar-refractivity contribution in [1.29, 1.82) is 0 Å². The molecule has 0 atom stereocenters. The highest BCUT2D eigenvalue weighted by molar-refractivity contribution is 6.30. The monoisotopic (exact) mass is 347 g/mol. The molecule has 0 unspecified atom stereocenters. The Kier molecular flexibility index (Phi) is 4.87. The quantitative estimate of drug-likeness (QED) is 0.915. The van der Waals surface area contributed by atoms with E-state index in [1.54, 1.807) is 23.1 Å². The lowest BCUT2D eigenvalue weighted by atomic mass is 10.2. The van der Waals surface area contributed by atoms with E-state index >= 15 is 0 Å². The van der Waals surface area contributed by atoms with Gasteiger partial charge in [0.2, 0.25) is 5.91 Å². The number of carbonyl (C=O) groups excluding carboxylic acids is 2. The van der Waals surface area contributed by atoms with Crippen molar-refractivity contribution >= 4 is 23.4 Å². The van der Waals surface area contributed by atoms with Crippen LogP contribution in [0.4, 0.5) is 0 Å². The summed E-state index contributed by atoms with van der Waals surface area (Å²) in [5.41, 5.74) is 6.91. The number of carbonyl (C=O) groups is 2. The predicted octanol–water partition coefficient (Wildman–Crippen LogP) is 1.88. The molecule has 3 rings (SSSR count). The Balaban J connectivity index is 1.61. The molecule has 24 heavy (non-hydrogen) atoms. The van der Waals surface area contributed by atoms with Gasteiger partial charge in [-0.25, -0.2) is 0 Å². The topological polar surface area (TPSA) is 79.8 Å². The highest BCUT2D eigenvalue weighted by Crippen LogP contribution is 2.16. The highest BCUT2D eigenvalue weighted by atomic mass is 35.5. The molecule has 0 radical (unpaired) electrons. The average Bonchev–Trinajstić information content (AvgIpc) is 3.07. The van der Waals surface area contributed by atoms with Crippen LogP contribution in [-0.2, 0) is 17.9 Å². The number of hydrogen-bond donors (Lipinski definition) is 1. The zero-order valence-corrected chi connectivity index (χ0v) is 13.8. The first kappa shape index (κ1) is 16.5. The number of halogens is 1. The summed E-state index contributed by atoms with van der Waals surface area (Å²) < 4.78 is 5.18. The molecule has 7 heteroatoms. The van der Waals surface area contributed by atoms with Gasteiger partial charge in [0.05, 0.1) is 12.1 Å². The molecule has 0 aliphatic carbocycles. The molecule has 2 amide bonds. The van der Waals surface area contributed by atoms with Crippen LogP contribution in [0.2, 0.25) is 5.02 Å². The third-order valence-corrected chi connectivity index (χ3v) is 4.25. The van der Waals surface area contributed by atoms with Crippen molar-refractivity contribution < 1.29 is 14.0 Å². The smallest absolute Gasteiger partial charge is 0.257 e. The Labute approximate surface area is 144 Å². The molecular formula is C17H18ClN3O3. The van der Waals surface area contributed by atoms with Gasteiger partial charge in [0.1, 0.15) is 18.6 Å². The van der Waals surface area contributed by atoms with E-state index in [2.05, 4.69) is 0 Å². The van der Waals surface area contributed by atoms with Crippen LogP contribution in [0.25, 0.3) is 0 Å². The number of piperazine rings is 1. The number of nitrogens with zero attached hydrogens (tertiary/aromatic N) is 2. The number of furan rings is 1. The minimum atomic E-state index is -0.210. The molecule has 1 aliphatic rings. The molecule has 2 heterocycles. The molecule has 1 aromatic carbocycles. The molecule has 1 aliphatic heterocycles. The van der Waals surface area contributed by atoms with Gasteiger partial charge in [0.25, 0.3) is 5.91 Å². The van der Waals surface area contributed by atoms with Gasteiger partial charge in [-0.05, 0) is 23.8 Å². The van der Waals surface area contributed by atoms with Gasteiger partial charge in [0, 0.05) is 24.7 Å². The van der Waals surface area contributed by atoms with E-state index in [4.69, 9.17) is 21.8 Å². The molecule has 1 saturated heterocycles. The fraction of sp³-hybridized carbons (Fsp3) is 0.294. The normalized spacial score (nSPS) is 15.0. The second-order valence-electron chi connectivity index (χ2n) is 5.67. The van der Waals surface area contributed by atoms with Crippen molar-refractivity contribution in [3.05, 3.63) is 58.5 Å². The Bertz CT molecular complexity index is 742. The summed E-state index contributed by atoms with van der Waals surface area (Å²) in [5.74, 6) is 0.260. The maximum atomic E-state index is 12.4. The Morgan fingerprint density at radius 2 is 2.00 bits per heavy atom. The molecule has 126 valence electrons. The highest BCUT2D eigenvalue weighted by Gasteiger charge is 2.28. The van der Waals surface area contributed by atoms with Crippen molar-refractivity contribution in [2.45, 2.75) is 13.1 Å². The number of nitrogens with two attached hydrogens (primary N) is 1. The second-order valence-corrected chi connectivity index (χ2v) is 6.11. The summed E-state index contributed by atoms with van der Waals surface area (Å²) >= 11 is 5.87. The molecule has 1 aromatic heterocycles. The van der Waals surface area contributed by atoms with Crippen molar-refractivity contribution in [3.63, 3.8) is 0 Å². The summed E-state index contributed by atoms with van der Waals surface area (Å²) in [7, 11) is 0. The third kappa shape index (κ3) is 3.60. The molecule has 2 N–H and O–H groups in total. The van der Waals surface area contributed by atoms with E-state index in [9.17, 15) is 9.59 Å². The fourth-order valence-corrected chi connectivity index (χ4v) is 2.77. The Morgan fingerprint density at radius 3 is 2.62 bits per heavy atom. The number of rotatable bonds is 4. The number of amides is 2. The Morgan fingerprint density at radius 1 is 1.25 bits per heavy atom. The molecule has 6 nitrogen and oxygen atoms in total. The molecule has 0 spiro atoms. The molecule has 0 bridgehead atoms. The number of hydrogen-bond acceptors (Lipinski definition) is 4. The van der Waals surface area contributed by atoms with E-state index in [1.165, 1.54) is 11.2 Å². The van der Waals surface area contributed by atoms with Gasteiger partial charge >= 0.3 is 0 Å². The van der Waals surface area contributed by atoms with Crippen LogP contribution >= 0.6 is 11.6 Å². The van der Waals surface area contributed by atoms with Crippen LogP contribution in [0.3, 0.4) is 0 Å². The molecule has 2 aromatic rings. The molecule has 0 saturated carbocycles. The van der Waals surface area contributed by atoms with Gasteiger partial charge in [-0.1, -0.05) is 23.7 Å². The zero-order chi connectivity index (χ0) is 17.1. The van der Waals surface area contributed by atoms with Gasteiger partial charge in [-0.2, -0.15) is 0 Å². The Hall–Kier alpha value is -2.31. The van der Waals surface area contributed by atoms with Gasteiger partial charge in [0.15, 0.2) is 0 Å². The van der Waals surface area contributed by atoms with Crippen molar-refractivity contribution in [2.75, 3.05) is 19.6 Å². The number of benzene rings is 1. The third-order valence-electron chi connectivity index (χ3n) is 3.99. The van der Waals surface area contributed by atoms with Crippen molar-refractivity contribution in [2.24, 2.45) is 5.73 Å². The largest absolute Gasteiger partial charge is 0.467 e. The van der Waals surface area contributed by atoms with Crippen LogP contribution in [0.5, 0.6) is 0 Å². The minimum Gasteiger partial charge on any atom is -0.467 e. The molecular weight excluding hydrogens is 330 g/mol. The SMILES string of the molecule is NCc1cc(C(=O)N2CCN(Cc3ccc(Cl)cc3)C(=O)C2)co1. The average molecular weight is 348 g/mol. The minimum absolute atomic E-state index is 0.0650. The summed E-state index contributed by atoms with van der Waals surface area (Å²) in [5, 5.41) is 0.664. The van der Waals surface area contributed by atoms with E-state index in [0.29, 0.717) is 36.0 Å². The first-order valence-corrected chi connectivity index (χ1v) is 8.03. The van der Waals surface area contributed by atoms with Crippen LogP contribution in [-0.4, -0.2) is 41.2 Å². The standard InChI is InChI=1S/C17H18ClN3O3/c18-14-3-1-12(2-4-14)9-20-5-6-21(10-16(20)22)17(23)13-7-15(8-19)24-11-13/h1-4,7,11H,5-6,8-10,19H2. The van der Waals surface area contributed by atoms with Gasteiger partial charge < -0.3 is 20.0 Å². The van der Waals surface area contributed by atoms with Crippen molar-refractivity contribution in [1.82, 2.24) is 9.80 Å². The summed E-state index contributed by atoms with van der Waals surface area (Å²) in [6.07, 6.45) is 1.38. The first-order valence-electron chi connectivity index (χ1n) is 7.66. The lowest BCUT2D eigenvalue weighted by Gasteiger charge is -2.34. The zero-order valence-electron chi connectivity index (χ0n) is 13.1. The van der Waals surface area contributed by atoms with E-state index in [-0.39, 0.29) is 24.9 Å². The van der Waals surface area contributed by atoms with Crippen LogP contribution in [0, 0.1) is 0 Å². The lowest BCUT2D eigenvalue weighted by molar-refractivity contribution is -0.135. The van der Waals surface area contributed by atoms with E-state index < -0.39 is 0 Å². The van der Waals surface area contributed by atoms with Gasteiger partial charge in [-0.3, -0.25) is 9.59 Å². The molecule has 1 fully saturated rings. The predicted molar refractivity (Wildman–Crippen MR) is 89.4 cm³/mol. The second kappa shape index (κ2) is 7.07. The van der Waals surface area contributed by atoms with E-state index in [0.717, 1.165) is 5.56 Å². The van der Waals surface area contributed by atoms with Gasteiger partial charge in [-0.15, -0.1) is 0 Å². The summed E-state index contributed by atoms with van der Waals surface area (Å²) in [4.78, 5) is 28.0. The van der Waals surface area contributed by atoms with Crippen molar-refractivity contribution in [3.8, 4) is 0 Å². The van der Waals surface area contributed by atoms with Crippen LogP contribution in [0.15, 0.2) is 41.0 Å².